The molecule has 1 aliphatic rings. The third-order valence-electron chi connectivity index (χ3n) is 3.58. The molecule has 0 aromatic carbocycles. The zero-order valence-electron chi connectivity index (χ0n) is 8.27. The molecule has 1 fully saturated rings. The second kappa shape index (κ2) is 4.13. The Morgan fingerprint density at radius 2 is 1.73 bits per heavy atom. The summed E-state index contributed by atoms with van der Waals surface area (Å²) in [5, 5.41) is 0. The maximum atomic E-state index is 2.46. The molecule has 0 heteroatoms. The van der Waals surface area contributed by atoms with Crippen molar-refractivity contribution in [3.8, 4) is 0 Å². The SMILES string of the molecule is CCCC1CCC(CC)C1C. The summed E-state index contributed by atoms with van der Waals surface area (Å²) in [6.45, 7) is 7.11. The molecule has 66 valence electrons. The summed E-state index contributed by atoms with van der Waals surface area (Å²) in [5.41, 5.74) is 0. The lowest BCUT2D eigenvalue weighted by Gasteiger charge is -2.18. The molecule has 0 heterocycles. The van der Waals surface area contributed by atoms with Gasteiger partial charge in [0, 0.05) is 0 Å². The predicted octanol–water partition coefficient (Wildman–Crippen LogP) is 3.86. The van der Waals surface area contributed by atoms with Crippen LogP contribution in [0.15, 0.2) is 0 Å². The van der Waals surface area contributed by atoms with Gasteiger partial charge >= 0.3 is 0 Å². The second-order valence-electron chi connectivity index (χ2n) is 4.15. The van der Waals surface area contributed by atoms with Gasteiger partial charge in [0.25, 0.3) is 0 Å². The first-order valence-electron chi connectivity index (χ1n) is 5.29. The predicted molar refractivity (Wildman–Crippen MR) is 50.6 cm³/mol. The minimum Gasteiger partial charge on any atom is -0.0654 e. The summed E-state index contributed by atoms with van der Waals surface area (Å²) in [6, 6.07) is 0. The molecule has 1 aliphatic carbocycles. The van der Waals surface area contributed by atoms with E-state index in [0.717, 1.165) is 17.8 Å². The molecule has 0 aliphatic heterocycles. The highest BCUT2D eigenvalue weighted by molar-refractivity contribution is 4.80. The van der Waals surface area contributed by atoms with Gasteiger partial charge in [-0.2, -0.15) is 0 Å². The first-order chi connectivity index (χ1) is 5.29. The minimum atomic E-state index is 1.01. The summed E-state index contributed by atoms with van der Waals surface area (Å²) in [6.07, 6.45) is 7.26. The molecular weight excluding hydrogens is 132 g/mol. The fourth-order valence-electron chi connectivity index (χ4n) is 2.69. The average molecular weight is 154 g/mol. The summed E-state index contributed by atoms with van der Waals surface area (Å²) < 4.78 is 0. The Kier molecular flexibility index (Phi) is 3.42. The van der Waals surface area contributed by atoms with E-state index in [-0.39, 0.29) is 0 Å². The molecule has 0 aromatic rings. The maximum Gasteiger partial charge on any atom is -0.0386 e. The lowest BCUT2D eigenvalue weighted by molar-refractivity contribution is 0.316. The van der Waals surface area contributed by atoms with E-state index >= 15 is 0 Å². The summed E-state index contributed by atoms with van der Waals surface area (Å²) >= 11 is 0. The third-order valence-corrected chi connectivity index (χ3v) is 3.58. The van der Waals surface area contributed by atoms with Crippen LogP contribution in [0.5, 0.6) is 0 Å². The minimum absolute atomic E-state index is 1.01. The number of rotatable bonds is 3. The van der Waals surface area contributed by atoms with Gasteiger partial charge in [0.2, 0.25) is 0 Å². The molecule has 3 unspecified atom stereocenters. The van der Waals surface area contributed by atoms with Gasteiger partial charge in [-0.25, -0.2) is 0 Å². The van der Waals surface area contributed by atoms with Gasteiger partial charge in [-0.15, -0.1) is 0 Å². The highest BCUT2D eigenvalue weighted by Gasteiger charge is 2.30. The van der Waals surface area contributed by atoms with Crippen LogP contribution < -0.4 is 0 Å². The van der Waals surface area contributed by atoms with Crippen LogP contribution in [0.1, 0.15) is 52.9 Å². The molecule has 1 rings (SSSR count). The van der Waals surface area contributed by atoms with E-state index in [1.54, 1.807) is 0 Å². The zero-order chi connectivity index (χ0) is 8.27. The Labute approximate surface area is 71.4 Å². The van der Waals surface area contributed by atoms with Gasteiger partial charge in [0.15, 0.2) is 0 Å². The molecule has 0 radical (unpaired) electrons. The fraction of sp³-hybridized carbons (Fsp3) is 1.00. The Morgan fingerprint density at radius 1 is 1.09 bits per heavy atom. The lowest BCUT2D eigenvalue weighted by Crippen LogP contribution is -2.10. The topological polar surface area (TPSA) is 0 Å². The van der Waals surface area contributed by atoms with Crippen LogP contribution in [0.2, 0.25) is 0 Å². The molecule has 0 spiro atoms. The van der Waals surface area contributed by atoms with Crippen molar-refractivity contribution in [3.05, 3.63) is 0 Å². The highest BCUT2D eigenvalue weighted by atomic mass is 14.4. The Balaban J connectivity index is 2.35. The molecule has 0 bridgehead atoms. The van der Waals surface area contributed by atoms with Crippen molar-refractivity contribution in [1.29, 1.82) is 0 Å². The van der Waals surface area contributed by atoms with Crippen molar-refractivity contribution in [2.75, 3.05) is 0 Å². The van der Waals surface area contributed by atoms with E-state index in [2.05, 4.69) is 20.8 Å². The summed E-state index contributed by atoms with van der Waals surface area (Å²) in [7, 11) is 0. The molecule has 0 saturated heterocycles. The van der Waals surface area contributed by atoms with Crippen molar-refractivity contribution in [2.45, 2.75) is 52.9 Å². The van der Waals surface area contributed by atoms with Crippen LogP contribution in [0.25, 0.3) is 0 Å². The van der Waals surface area contributed by atoms with E-state index in [4.69, 9.17) is 0 Å². The van der Waals surface area contributed by atoms with E-state index in [9.17, 15) is 0 Å². The Hall–Kier alpha value is 0. The maximum absolute atomic E-state index is 2.46. The number of hydrogen-bond acceptors (Lipinski definition) is 0. The largest absolute Gasteiger partial charge is 0.0654 e. The van der Waals surface area contributed by atoms with Crippen molar-refractivity contribution in [1.82, 2.24) is 0 Å². The van der Waals surface area contributed by atoms with Crippen LogP contribution >= 0.6 is 0 Å². The Bertz CT molecular complexity index is 107. The molecule has 11 heavy (non-hydrogen) atoms. The molecule has 1 saturated carbocycles. The van der Waals surface area contributed by atoms with Gasteiger partial charge in [-0.3, -0.25) is 0 Å². The van der Waals surface area contributed by atoms with Crippen molar-refractivity contribution in [3.63, 3.8) is 0 Å². The van der Waals surface area contributed by atoms with Gasteiger partial charge in [-0.1, -0.05) is 40.0 Å². The third kappa shape index (κ3) is 1.98. The normalized spacial score (nSPS) is 37.9. The molecule has 0 amide bonds. The molecular formula is C11H22. The van der Waals surface area contributed by atoms with Gasteiger partial charge < -0.3 is 0 Å². The summed E-state index contributed by atoms with van der Waals surface area (Å²) in [4.78, 5) is 0. The van der Waals surface area contributed by atoms with E-state index in [1.807, 2.05) is 0 Å². The molecule has 0 N–H and O–H groups in total. The second-order valence-corrected chi connectivity index (χ2v) is 4.15. The van der Waals surface area contributed by atoms with E-state index in [1.165, 1.54) is 32.1 Å². The van der Waals surface area contributed by atoms with Gasteiger partial charge in [0.05, 0.1) is 0 Å². The van der Waals surface area contributed by atoms with Gasteiger partial charge in [0.1, 0.15) is 0 Å². The molecule has 0 nitrogen and oxygen atoms in total. The number of hydrogen-bond donors (Lipinski definition) is 0. The lowest BCUT2D eigenvalue weighted by atomic mass is 9.87. The van der Waals surface area contributed by atoms with Crippen molar-refractivity contribution >= 4 is 0 Å². The summed E-state index contributed by atoms with van der Waals surface area (Å²) in [5.74, 6) is 3.12. The van der Waals surface area contributed by atoms with Crippen molar-refractivity contribution < 1.29 is 0 Å². The van der Waals surface area contributed by atoms with Crippen molar-refractivity contribution in [2.24, 2.45) is 17.8 Å². The van der Waals surface area contributed by atoms with Crippen LogP contribution in [-0.4, -0.2) is 0 Å². The quantitative estimate of drug-likeness (QED) is 0.579. The monoisotopic (exact) mass is 154 g/mol. The smallest absolute Gasteiger partial charge is 0.0386 e. The van der Waals surface area contributed by atoms with Crippen LogP contribution in [0.4, 0.5) is 0 Å². The van der Waals surface area contributed by atoms with Gasteiger partial charge in [-0.05, 0) is 30.6 Å². The first kappa shape index (κ1) is 9.09. The van der Waals surface area contributed by atoms with E-state index < -0.39 is 0 Å². The van der Waals surface area contributed by atoms with Crippen LogP contribution in [-0.2, 0) is 0 Å². The van der Waals surface area contributed by atoms with Crippen LogP contribution in [0, 0.1) is 17.8 Å². The zero-order valence-corrected chi connectivity index (χ0v) is 8.27. The fourth-order valence-corrected chi connectivity index (χ4v) is 2.69. The standard InChI is InChI=1S/C11H22/c1-4-6-11-8-7-10(5-2)9(11)3/h9-11H,4-8H2,1-3H3. The molecule has 0 aromatic heterocycles. The Morgan fingerprint density at radius 3 is 2.18 bits per heavy atom. The first-order valence-corrected chi connectivity index (χ1v) is 5.29. The average Bonchev–Trinajstić information content (AvgIpc) is 2.34. The highest BCUT2D eigenvalue weighted by Crippen LogP contribution is 2.40. The van der Waals surface area contributed by atoms with Crippen LogP contribution in [0.3, 0.4) is 0 Å². The van der Waals surface area contributed by atoms with E-state index in [0.29, 0.717) is 0 Å². The molecule has 3 atom stereocenters.